The Morgan fingerprint density at radius 1 is 1.17 bits per heavy atom. The molecule has 7 heteroatoms. The minimum absolute atomic E-state index is 0.179. The molecule has 0 N–H and O–H groups in total. The number of esters is 1. The van der Waals surface area contributed by atoms with Crippen molar-refractivity contribution in [2.75, 3.05) is 13.2 Å². The summed E-state index contributed by atoms with van der Waals surface area (Å²) < 4.78 is 15.8. The summed E-state index contributed by atoms with van der Waals surface area (Å²) in [5.74, 6) is -0.420. The summed E-state index contributed by atoms with van der Waals surface area (Å²) >= 11 is 0. The maximum absolute atomic E-state index is 12.6. The first kappa shape index (κ1) is 20.2. The summed E-state index contributed by atoms with van der Waals surface area (Å²) in [5.41, 5.74) is 1.82. The van der Waals surface area contributed by atoms with Gasteiger partial charge in [-0.3, -0.25) is 4.79 Å². The van der Waals surface area contributed by atoms with Crippen LogP contribution in [0, 0.1) is 6.92 Å². The van der Waals surface area contributed by atoms with E-state index in [1.165, 1.54) is 6.07 Å². The Kier molecular flexibility index (Phi) is 5.88. The van der Waals surface area contributed by atoms with Crippen LogP contribution in [0.4, 0.5) is 0 Å². The van der Waals surface area contributed by atoms with E-state index in [4.69, 9.17) is 13.9 Å². The molecular weight excluding hydrogens is 386 g/mol. The van der Waals surface area contributed by atoms with Crippen molar-refractivity contribution in [2.24, 2.45) is 0 Å². The Morgan fingerprint density at radius 2 is 2.00 bits per heavy atom. The van der Waals surface area contributed by atoms with Crippen molar-refractivity contribution in [1.82, 2.24) is 4.90 Å². The minimum Gasteiger partial charge on any atom is -0.482 e. The Balaban J connectivity index is 1.31. The molecule has 1 amide bonds. The number of allylic oxidation sites excluding steroid dienone is 2. The molecule has 0 atom stereocenters. The second kappa shape index (κ2) is 8.73. The van der Waals surface area contributed by atoms with Crippen LogP contribution in [0.2, 0.25) is 0 Å². The lowest BCUT2D eigenvalue weighted by molar-refractivity contribution is -0.153. The molecule has 1 aromatic carbocycles. The average molecular weight is 411 g/mol. The fourth-order valence-corrected chi connectivity index (χ4v) is 3.76. The van der Waals surface area contributed by atoms with Gasteiger partial charge in [0.15, 0.2) is 13.2 Å². The number of hydrogen-bond donors (Lipinski definition) is 0. The molecule has 2 aromatic rings. The third-order valence-electron chi connectivity index (χ3n) is 5.39. The number of hydrogen-bond acceptors (Lipinski definition) is 6. The zero-order valence-corrected chi connectivity index (χ0v) is 17.0. The fourth-order valence-electron chi connectivity index (χ4n) is 3.76. The number of aryl methyl sites for hydroxylation is 1. The maximum Gasteiger partial charge on any atom is 0.344 e. The van der Waals surface area contributed by atoms with Crippen LogP contribution in [-0.4, -0.2) is 36.0 Å². The molecule has 158 valence electrons. The van der Waals surface area contributed by atoms with Crippen LogP contribution in [0.1, 0.15) is 44.1 Å². The number of carbonyl (C=O) groups is 2. The minimum atomic E-state index is -0.623. The van der Waals surface area contributed by atoms with Crippen LogP contribution in [0.25, 0.3) is 11.0 Å². The highest BCUT2D eigenvalue weighted by molar-refractivity contribution is 5.83. The molecule has 0 saturated heterocycles. The third kappa shape index (κ3) is 4.72. The van der Waals surface area contributed by atoms with Crippen molar-refractivity contribution < 1.29 is 23.5 Å². The van der Waals surface area contributed by atoms with E-state index >= 15 is 0 Å². The summed E-state index contributed by atoms with van der Waals surface area (Å²) in [6, 6.07) is 6.69. The van der Waals surface area contributed by atoms with Gasteiger partial charge in [0.1, 0.15) is 11.3 Å². The van der Waals surface area contributed by atoms with Gasteiger partial charge in [-0.1, -0.05) is 6.08 Å². The van der Waals surface area contributed by atoms with Gasteiger partial charge < -0.3 is 18.8 Å². The van der Waals surface area contributed by atoms with Gasteiger partial charge in [-0.15, -0.1) is 0 Å². The number of benzene rings is 1. The van der Waals surface area contributed by atoms with Gasteiger partial charge in [-0.05, 0) is 63.1 Å². The first-order valence-electron chi connectivity index (χ1n) is 10.4. The van der Waals surface area contributed by atoms with Crippen molar-refractivity contribution >= 4 is 22.8 Å². The molecule has 1 heterocycles. The van der Waals surface area contributed by atoms with E-state index in [2.05, 4.69) is 6.08 Å². The number of rotatable bonds is 7. The molecule has 30 heavy (non-hydrogen) atoms. The number of amides is 1. The number of nitrogens with zero attached hydrogens (tertiary/aromatic N) is 1. The summed E-state index contributed by atoms with van der Waals surface area (Å²) in [6.45, 7) is 1.20. The van der Waals surface area contributed by atoms with Gasteiger partial charge in [-0.25, -0.2) is 9.59 Å². The Morgan fingerprint density at radius 3 is 2.73 bits per heavy atom. The fraction of sp³-hybridized carbons (Fsp3) is 0.435. The number of carbonyl (C=O) groups excluding carboxylic acids is 2. The average Bonchev–Trinajstić information content (AvgIpc) is 3.56. The van der Waals surface area contributed by atoms with E-state index in [1.807, 2.05) is 11.8 Å². The molecule has 0 unspecified atom stereocenters. The van der Waals surface area contributed by atoms with Crippen LogP contribution in [0.15, 0.2) is 45.3 Å². The molecule has 4 rings (SSSR count). The Hall–Kier alpha value is -3.09. The normalized spacial score (nSPS) is 16.1. The molecule has 2 aliphatic carbocycles. The first-order valence-corrected chi connectivity index (χ1v) is 10.4. The van der Waals surface area contributed by atoms with Crippen molar-refractivity contribution in [1.29, 1.82) is 0 Å². The van der Waals surface area contributed by atoms with E-state index in [1.54, 1.807) is 18.2 Å². The van der Waals surface area contributed by atoms with Gasteiger partial charge in [-0.2, -0.15) is 0 Å². The zero-order chi connectivity index (χ0) is 21.1. The molecule has 0 aliphatic heterocycles. The van der Waals surface area contributed by atoms with Crippen LogP contribution in [0.3, 0.4) is 0 Å². The van der Waals surface area contributed by atoms with Gasteiger partial charge in [0, 0.05) is 29.3 Å². The van der Waals surface area contributed by atoms with Gasteiger partial charge in [0.25, 0.3) is 5.91 Å². The second-order valence-corrected chi connectivity index (χ2v) is 7.79. The number of fused-ring (bicyclic) bond motifs is 1. The molecule has 0 spiro atoms. The lowest BCUT2D eigenvalue weighted by Gasteiger charge is -2.27. The molecular formula is C23H25NO6. The van der Waals surface area contributed by atoms with E-state index in [0.717, 1.165) is 55.2 Å². The molecule has 0 radical (unpaired) electrons. The van der Waals surface area contributed by atoms with Crippen molar-refractivity contribution in [2.45, 2.75) is 51.5 Å². The van der Waals surface area contributed by atoms with Crippen LogP contribution < -0.4 is 10.4 Å². The quantitative estimate of drug-likeness (QED) is 0.512. The lowest BCUT2D eigenvalue weighted by atomic mass is 10.0. The molecule has 2 aliphatic rings. The standard InChI is InChI=1S/C23H25NO6/c1-15-11-22(26)30-20-12-18(9-10-19(15)20)28-14-23(27)29-13-21(25)24(17-7-8-17)16-5-3-2-4-6-16/h5,9-12,17H,2-4,6-8,13-14H2,1H3. The molecule has 1 aromatic heterocycles. The first-order chi connectivity index (χ1) is 14.5. The summed E-state index contributed by atoms with van der Waals surface area (Å²) in [6.07, 6.45) is 8.25. The van der Waals surface area contributed by atoms with Crippen LogP contribution in [-0.2, 0) is 14.3 Å². The van der Waals surface area contributed by atoms with Crippen molar-refractivity contribution in [3.05, 3.63) is 52.0 Å². The van der Waals surface area contributed by atoms with Crippen LogP contribution in [0.5, 0.6) is 5.75 Å². The van der Waals surface area contributed by atoms with E-state index in [0.29, 0.717) is 11.3 Å². The Bertz CT molecular complexity index is 1050. The molecule has 1 fully saturated rings. The highest BCUT2D eigenvalue weighted by atomic mass is 16.6. The largest absolute Gasteiger partial charge is 0.482 e. The van der Waals surface area contributed by atoms with Gasteiger partial charge in [0.2, 0.25) is 0 Å². The summed E-state index contributed by atoms with van der Waals surface area (Å²) in [7, 11) is 0. The molecule has 1 saturated carbocycles. The summed E-state index contributed by atoms with van der Waals surface area (Å²) in [5, 5.41) is 0.798. The maximum atomic E-state index is 12.6. The lowest BCUT2D eigenvalue weighted by Crippen LogP contribution is -2.36. The predicted molar refractivity (Wildman–Crippen MR) is 110 cm³/mol. The smallest absolute Gasteiger partial charge is 0.344 e. The molecule has 0 bridgehead atoms. The highest BCUT2D eigenvalue weighted by Gasteiger charge is 2.35. The highest BCUT2D eigenvalue weighted by Crippen LogP contribution is 2.33. The van der Waals surface area contributed by atoms with E-state index in [9.17, 15) is 14.4 Å². The number of ether oxygens (including phenoxy) is 2. The molecule has 7 nitrogen and oxygen atoms in total. The van der Waals surface area contributed by atoms with E-state index < -0.39 is 11.6 Å². The van der Waals surface area contributed by atoms with Gasteiger partial charge in [0.05, 0.1) is 0 Å². The Labute approximate surface area is 174 Å². The third-order valence-corrected chi connectivity index (χ3v) is 5.39. The van der Waals surface area contributed by atoms with Crippen molar-refractivity contribution in [3.63, 3.8) is 0 Å². The topological polar surface area (TPSA) is 86.0 Å². The summed E-state index contributed by atoms with van der Waals surface area (Å²) in [4.78, 5) is 38.1. The SMILES string of the molecule is Cc1cc(=O)oc2cc(OCC(=O)OCC(=O)N(C3=CCCCC3)C3CC3)ccc12. The van der Waals surface area contributed by atoms with Crippen LogP contribution >= 0.6 is 0 Å². The monoisotopic (exact) mass is 411 g/mol. The van der Waals surface area contributed by atoms with Gasteiger partial charge >= 0.3 is 11.6 Å². The van der Waals surface area contributed by atoms with E-state index in [-0.39, 0.29) is 25.2 Å². The van der Waals surface area contributed by atoms with Crippen molar-refractivity contribution in [3.8, 4) is 5.75 Å². The zero-order valence-electron chi connectivity index (χ0n) is 17.0. The predicted octanol–water partition coefficient (Wildman–Crippen LogP) is 3.47. The second-order valence-electron chi connectivity index (χ2n) is 7.79.